The first-order chi connectivity index (χ1) is 19.6. The molecule has 3 aromatic carbocycles. The lowest BCUT2D eigenvalue weighted by Gasteiger charge is -2.14. The Hall–Kier alpha value is -5.55. The standard InChI is InChI=1S/C32H25N7O/c1-21-3-5-24(6-4-21)19-39-20-35-30-29(39)31(38-32(37-30)36-27-10-7-23(18-33)8-11-27)40-28-12-9-26(17-22(28)2)25-13-15-34-16-14-25/h3-17,20H,19H2,1-2H3,(H,36,37,38). The first-order valence-electron chi connectivity index (χ1n) is 12.8. The van der Waals surface area contributed by atoms with Gasteiger partial charge < -0.3 is 14.6 Å². The highest BCUT2D eigenvalue weighted by molar-refractivity contribution is 5.79. The van der Waals surface area contributed by atoms with Crippen LogP contribution in [0.15, 0.2) is 97.6 Å². The van der Waals surface area contributed by atoms with Crippen molar-refractivity contribution in [2.75, 3.05) is 5.32 Å². The Balaban J connectivity index is 1.39. The molecule has 8 nitrogen and oxygen atoms in total. The molecular weight excluding hydrogens is 498 g/mol. The summed E-state index contributed by atoms with van der Waals surface area (Å²) in [5.74, 6) is 1.43. The molecule has 0 fully saturated rings. The van der Waals surface area contributed by atoms with Crippen LogP contribution in [0.2, 0.25) is 0 Å². The van der Waals surface area contributed by atoms with Gasteiger partial charge >= 0.3 is 0 Å². The molecule has 0 saturated carbocycles. The Morgan fingerprint density at radius 2 is 1.65 bits per heavy atom. The summed E-state index contributed by atoms with van der Waals surface area (Å²) in [4.78, 5) is 18.1. The van der Waals surface area contributed by atoms with E-state index >= 15 is 0 Å². The highest BCUT2D eigenvalue weighted by Gasteiger charge is 2.18. The Morgan fingerprint density at radius 3 is 2.38 bits per heavy atom. The van der Waals surface area contributed by atoms with Gasteiger partial charge in [0.25, 0.3) is 5.88 Å². The number of benzene rings is 3. The summed E-state index contributed by atoms with van der Waals surface area (Å²) in [7, 11) is 0. The maximum atomic E-state index is 9.11. The number of nitrogens with one attached hydrogen (secondary N) is 1. The number of ether oxygens (including phenoxy) is 1. The molecule has 1 N–H and O–H groups in total. The van der Waals surface area contributed by atoms with Gasteiger partial charge in [-0.05, 0) is 84.6 Å². The summed E-state index contributed by atoms with van der Waals surface area (Å²) in [6, 6.07) is 27.6. The molecule has 0 bridgehead atoms. The minimum atomic E-state index is 0.346. The van der Waals surface area contributed by atoms with Gasteiger partial charge in [0.05, 0.1) is 18.0 Å². The molecule has 0 atom stereocenters. The minimum absolute atomic E-state index is 0.346. The predicted molar refractivity (Wildman–Crippen MR) is 155 cm³/mol. The van der Waals surface area contributed by atoms with Crippen molar-refractivity contribution in [1.29, 1.82) is 5.26 Å². The monoisotopic (exact) mass is 523 g/mol. The van der Waals surface area contributed by atoms with Crippen LogP contribution in [0.25, 0.3) is 22.3 Å². The van der Waals surface area contributed by atoms with E-state index in [0.29, 0.717) is 40.8 Å². The Labute approximate surface area is 231 Å². The fourth-order valence-corrected chi connectivity index (χ4v) is 4.43. The number of nitrogens with zero attached hydrogens (tertiary/aromatic N) is 6. The first-order valence-corrected chi connectivity index (χ1v) is 12.8. The van der Waals surface area contributed by atoms with Gasteiger partial charge in [0.15, 0.2) is 11.2 Å². The van der Waals surface area contributed by atoms with Crippen LogP contribution in [0, 0.1) is 25.2 Å². The molecule has 8 heteroatoms. The lowest BCUT2D eigenvalue weighted by Crippen LogP contribution is -2.04. The van der Waals surface area contributed by atoms with Gasteiger partial charge in [0.1, 0.15) is 5.75 Å². The molecule has 0 aliphatic heterocycles. The number of imidazole rings is 1. The van der Waals surface area contributed by atoms with Gasteiger partial charge in [-0.15, -0.1) is 0 Å². The molecule has 40 heavy (non-hydrogen) atoms. The number of hydrogen-bond donors (Lipinski definition) is 1. The Morgan fingerprint density at radius 1 is 0.875 bits per heavy atom. The molecule has 6 rings (SSSR count). The van der Waals surface area contributed by atoms with Crippen molar-refractivity contribution < 1.29 is 4.74 Å². The summed E-state index contributed by atoms with van der Waals surface area (Å²) >= 11 is 0. The molecule has 0 unspecified atom stereocenters. The summed E-state index contributed by atoms with van der Waals surface area (Å²) in [5, 5.41) is 12.3. The minimum Gasteiger partial charge on any atom is -0.437 e. The van der Waals surface area contributed by atoms with E-state index in [4.69, 9.17) is 15.0 Å². The molecule has 0 saturated heterocycles. The number of hydrogen-bond acceptors (Lipinski definition) is 7. The van der Waals surface area contributed by atoms with E-state index in [9.17, 15) is 0 Å². The fourth-order valence-electron chi connectivity index (χ4n) is 4.43. The van der Waals surface area contributed by atoms with E-state index in [1.54, 1.807) is 30.9 Å². The van der Waals surface area contributed by atoms with E-state index in [2.05, 4.69) is 63.6 Å². The van der Waals surface area contributed by atoms with Crippen molar-refractivity contribution >= 4 is 22.8 Å². The van der Waals surface area contributed by atoms with Crippen LogP contribution in [0.3, 0.4) is 0 Å². The molecule has 0 spiro atoms. The maximum absolute atomic E-state index is 9.11. The van der Waals surface area contributed by atoms with Crippen molar-refractivity contribution in [3.63, 3.8) is 0 Å². The van der Waals surface area contributed by atoms with E-state index in [1.165, 1.54) is 5.56 Å². The zero-order valence-electron chi connectivity index (χ0n) is 22.0. The normalized spacial score (nSPS) is 10.8. The number of anilines is 2. The average Bonchev–Trinajstić information content (AvgIpc) is 3.38. The Bertz CT molecular complexity index is 1840. The van der Waals surface area contributed by atoms with Crippen molar-refractivity contribution in [2.24, 2.45) is 0 Å². The average molecular weight is 524 g/mol. The van der Waals surface area contributed by atoms with E-state index in [0.717, 1.165) is 27.9 Å². The second-order valence-corrected chi connectivity index (χ2v) is 9.52. The van der Waals surface area contributed by atoms with Gasteiger partial charge in [0.2, 0.25) is 5.95 Å². The van der Waals surface area contributed by atoms with Crippen molar-refractivity contribution in [3.05, 3.63) is 120 Å². The van der Waals surface area contributed by atoms with Crippen LogP contribution < -0.4 is 10.1 Å². The Kier molecular flexibility index (Phi) is 6.61. The van der Waals surface area contributed by atoms with Gasteiger partial charge in [-0.25, -0.2) is 4.98 Å². The molecule has 0 radical (unpaired) electrons. The number of rotatable bonds is 7. The van der Waals surface area contributed by atoms with Gasteiger partial charge in [-0.2, -0.15) is 15.2 Å². The van der Waals surface area contributed by atoms with Crippen LogP contribution >= 0.6 is 0 Å². The van der Waals surface area contributed by atoms with Gasteiger partial charge in [-0.1, -0.05) is 35.9 Å². The predicted octanol–water partition coefficient (Wildman–Crippen LogP) is 6.96. The van der Waals surface area contributed by atoms with Crippen LogP contribution in [-0.4, -0.2) is 24.5 Å². The third-order valence-corrected chi connectivity index (χ3v) is 6.58. The number of fused-ring (bicyclic) bond motifs is 1. The van der Waals surface area contributed by atoms with Crippen molar-refractivity contribution in [2.45, 2.75) is 20.4 Å². The zero-order valence-corrected chi connectivity index (χ0v) is 22.0. The third-order valence-electron chi connectivity index (χ3n) is 6.58. The second kappa shape index (κ2) is 10.7. The molecule has 194 valence electrons. The molecule has 3 heterocycles. The fraction of sp³-hybridized carbons (Fsp3) is 0.0938. The number of aromatic nitrogens is 5. The van der Waals surface area contributed by atoms with Gasteiger partial charge in [-0.3, -0.25) is 4.98 Å². The number of pyridine rings is 1. The molecule has 3 aromatic heterocycles. The van der Waals surface area contributed by atoms with Crippen LogP contribution in [-0.2, 0) is 6.54 Å². The first kappa shape index (κ1) is 24.8. The van der Waals surface area contributed by atoms with Crippen molar-refractivity contribution in [3.8, 4) is 28.8 Å². The zero-order chi connectivity index (χ0) is 27.5. The van der Waals surface area contributed by atoms with Crippen LogP contribution in [0.4, 0.5) is 11.6 Å². The quantitative estimate of drug-likeness (QED) is 0.241. The van der Waals surface area contributed by atoms with Crippen molar-refractivity contribution in [1.82, 2.24) is 24.5 Å². The second-order valence-electron chi connectivity index (χ2n) is 9.52. The van der Waals surface area contributed by atoms with Crippen LogP contribution in [0.1, 0.15) is 22.3 Å². The largest absolute Gasteiger partial charge is 0.437 e. The van der Waals surface area contributed by atoms with E-state index in [1.807, 2.05) is 47.9 Å². The highest BCUT2D eigenvalue weighted by atomic mass is 16.5. The molecular formula is C32H25N7O. The summed E-state index contributed by atoms with van der Waals surface area (Å²) < 4.78 is 8.48. The summed E-state index contributed by atoms with van der Waals surface area (Å²) in [5.41, 5.74) is 8.00. The highest BCUT2D eigenvalue weighted by Crippen LogP contribution is 2.33. The maximum Gasteiger partial charge on any atom is 0.250 e. The smallest absolute Gasteiger partial charge is 0.250 e. The van der Waals surface area contributed by atoms with Crippen LogP contribution in [0.5, 0.6) is 11.6 Å². The molecule has 0 amide bonds. The lowest BCUT2D eigenvalue weighted by atomic mass is 10.0. The van der Waals surface area contributed by atoms with E-state index in [-0.39, 0.29) is 0 Å². The topological polar surface area (TPSA) is 102 Å². The number of aryl methyl sites for hydroxylation is 2. The summed E-state index contributed by atoms with van der Waals surface area (Å²) in [6.07, 6.45) is 5.32. The third kappa shape index (κ3) is 5.22. The summed E-state index contributed by atoms with van der Waals surface area (Å²) in [6.45, 7) is 4.68. The molecule has 0 aliphatic carbocycles. The molecule has 0 aliphatic rings. The SMILES string of the molecule is Cc1ccc(Cn2cnc3nc(Nc4ccc(C#N)cc4)nc(Oc4ccc(-c5ccncc5)cc4C)c32)cc1. The van der Waals surface area contributed by atoms with Gasteiger partial charge in [0, 0.05) is 24.6 Å². The van der Waals surface area contributed by atoms with E-state index < -0.39 is 0 Å². The number of nitriles is 1. The lowest BCUT2D eigenvalue weighted by molar-refractivity contribution is 0.462. The molecule has 6 aromatic rings.